The number of nitrogens with zero attached hydrogens (tertiary/aromatic N) is 3. The van der Waals surface area contributed by atoms with E-state index in [2.05, 4.69) is 51.7 Å². The van der Waals surface area contributed by atoms with Gasteiger partial charge in [-0.15, -0.1) is 0 Å². The number of nitrogens with one attached hydrogen (secondary N) is 2. The quantitative estimate of drug-likeness (QED) is 0.599. The number of rotatable bonds is 5. The van der Waals surface area contributed by atoms with Crippen LogP contribution in [0.5, 0.6) is 0 Å². The van der Waals surface area contributed by atoms with Crippen LogP contribution in [0.3, 0.4) is 0 Å². The first-order chi connectivity index (χ1) is 13.6. The highest BCUT2D eigenvalue weighted by Crippen LogP contribution is 2.28. The summed E-state index contributed by atoms with van der Waals surface area (Å²) in [5.74, 6) is 0.828. The van der Waals surface area contributed by atoms with Crippen molar-refractivity contribution in [3.8, 4) is 0 Å². The lowest BCUT2D eigenvalue weighted by atomic mass is 10.1. The molecule has 1 aromatic carbocycles. The van der Waals surface area contributed by atoms with Gasteiger partial charge in [-0.2, -0.15) is 0 Å². The van der Waals surface area contributed by atoms with Gasteiger partial charge in [-0.3, -0.25) is 4.99 Å². The highest BCUT2D eigenvalue weighted by Gasteiger charge is 2.25. The van der Waals surface area contributed by atoms with Gasteiger partial charge in [0.15, 0.2) is 5.96 Å². The fourth-order valence-corrected chi connectivity index (χ4v) is 3.99. The van der Waals surface area contributed by atoms with E-state index in [0.717, 1.165) is 38.3 Å². The minimum atomic E-state index is -0.205. The molecule has 28 heavy (non-hydrogen) atoms. The number of benzene rings is 1. The van der Waals surface area contributed by atoms with Crippen molar-refractivity contribution in [3.63, 3.8) is 0 Å². The number of carbonyl (C=O) groups is 1. The Kier molecular flexibility index (Phi) is 7.01. The molecule has 2 N–H and O–H groups in total. The van der Waals surface area contributed by atoms with Gasteiger partial charge in [-0.05, 0) is 44.7 Å². The van der Waals surface area contributed by atoms with Gasteiger partial charge in [0.25, 0.3) is 0 Å². The number of likely N-dealkylation sites (tertiary alicyclic amines) is 1. The van der Waals surface area contributed by atoms with E-state index >= 15 is 0 Å². The molecule has 0 saturated carbocycles. The molecule has 0 radical (unpaired) electrons. The van der Waals surface area contributed by atoms with E-state index in [4.69, 9.17) is 4.74 Å². The van der Waals surface area contributed by atoms with Gasteiger partial charge in [-0.25, -0.2) is 4.79 Å². The van der Waals surface area contributed by atoms with E-state index in [1.807, 2.05) is 6.92 Å². The molecule has 1 amide bonds. The topological polar surface area (TPSA) is 69.2 Å². The van der Waals surface area contributed by atoms with Gasteiger partial charge in [0.2, 0.25) is 0 Å². The van der Waals surface area contributed by atoms with E-state index < -0.39 is 0 Å². The van der Waals surface area contributed by atoms with Gasteiger partial charge < -0.3 is 25.2 Å². The minimum absolute atomic E-state index is 0.205. The van der Waals surface area contributed by atoms with E-state index in [0.29, 0.717) is 31.8 Å². The molecule has 1 unspecified atom stereocenters. The van der Waals surface area contributed by atoms with Gasteiger partial charge in [0.05, 0.1) is 6.61 Å². The van der Waals surface area contributed by atoms with Crippen LogP contribution in [0.25, 0.3) is 0 Å². The maximum Gasteiger partial charge on any atom is 0.409 e. The summed E-state index contributed by atoms with van der Waals surface area (Å²) >= 11 is 0. The number of guanidine groups is 1. The zero-order chi connectivity index (χ0) is 19.9. The molecule has 154 valence electrons. The first-order valence-corrected chi connectivity index (χ1v) is 10.4. The summed E-state index contributed by atoms with van der Waals surface area (Å²) in [5, 5.41) is 6.97. The molecule has 0 spiro atoms. The molecule has 0 bridgehead atoms. The molecule has 7 nitrogen and oxygen atoms in total. The summed E-state index contributed by atoms with van der Waals surface area (Å²) in [6, 6.07) is 9.36. The summed E-state index contributed by atoms with van der Waals surface area (Å²) < 4.78 is 5.08. The van der Waals surface area contributed by atoms with E-state index in [9.17, 15) is 4.79 Å². The first kappa shape index (κ1) is 20.3. The van der Waals surface area contributed by atoms with E-state index in [-0.39, 0.29) is 6.09 Å². The molecule has 3 rings (SSSR count). The molecule has 7 heteroatoms. The van der Waals surface area contributed by atoms with Crippen molar-refractivity contribution < 1.29 is 9.53 Å². The smallest absolute Gasteiger partial charge is 0.409 e. The summed E-state index contributed by atoms with van der Waals surface area (Å²) in [6.45, 7) is 7.84. The average Bonchev–Trinajstić information content (AvgIpc) is 3.15. The Hall–Kier alpha value is -2.44. The van der Waals surface area contributed by atoms with Crippen LogP contribution < -0.4 is 15.5 Å². The van der Waals surface area contributed by atoms with Crippen LogP contribution in [0.4, 0.5) is 10.5 Å². The fraction of sp³-hybridized carbons (Fsp3) is 0.619. The van der Waals surface area contributed by atoms with Crippen molar-refractivity contribution in [2.75, 3.05) is 44.7 Å². The van der Waals surface area contributed by atoms with Crippen LogP contribution in [0.1, 0.15) is 32.3 Å². The lowest BCUT2D eigenvalue weighted by molar-refractivity contribution is 0.0963. The second-order valence-corrected chi connectivity index (χ2v) is 7.48. The average molecular weight is 388 g/mol. The van der Waals surface area contributed by atoms with Crippen LogP contribution in [0.2, 0.25) is 0 Å². The Morgan fingerprint density at radius 1 is 1.29 bits per heavy atom. The number of carbonyl (C=O) groups excluding carboxylic acids is 1. The maximum absolute atomic E-state index is 11.8. The van der Waals surface area contributed by atoms with Crippen molar-refractivity contribution in [2.45, 2.75) is 45.2 Å². The largest absolute Gasteiger partial charge is 0.450 e. The molecule has 1 saturated heterocycles. The summed E-state index contributed by atoms with van der Waals surface area (Å²) in [4.78, 5) is 20.4. The van der Waals surface area contributed by atoms with E-state index in [1.165, 1.54) is 11.3 Å². The molecule has 2 heterocycles. The summed E-state index contributed by atoms with van der Waals surface area (Å²) in [6.07, 6.45) is 2.71. The van der Waals surface area contributed by atoms with Crippen LogP contribution >= 0.6 is 0 Å². The van der Waals surface area contributed by atoms with Gasteiger partial charge in [0.1, 0.15) is 0 Å². The number of aliphatic imine (C=N–C) groups is 1. The Morgan fingerprint density at radius 2 is 2.04 bits per heavy atom. The Morgan fingerprint density at radius 3 is 2.75 bits per heavy atom. The number of para-hydroxylation sites is 1. The fourth-order valence-electron chi connectivity index (χ4n) is 3.99. The molecule has 1 aromatic rings. The second kappa shape index (κ2) is 9.66. The molecule has 1 atom stereocenters. The Labute approximate surface area is 168 Å². The summed E-state index contributed by atoms with van der Waals surface area (Å²) in [7, 11) is 1.80. The Bertz CT molecular complexity index is 685. The Balaban J connectivity index is 1.44. The molecular formula is C21H33N5O2. The van der Waals surface area contributed by atoms with Crippen molar-refractivity contribution in [1.82, 2.24) is 15.5 Å². The van der Waals surface area contributed by atoms with Gasteiger partial charge in [-0.1, -0.05) is 18.2 Å². The standard InChI is InChI=1S/C21H33N5O2/c1-4-28-21(27)25-12-10-18(11-13-25)24-20(22-3)23-15-16(2)26-14-9-17-7-5-6-8-19(17)26/h5-8,16,18H,4,9-15H2,1-3H3,(H2,22,23,24). The number of hydrogen-bond donors (Lipinski definition) is 2. The SMILES string of the molecule is CCOC(=O)N1CCC(NC(=NC)NCC(C)N2CCc3ccccc32)CC1. The number of fused-ring (bicyclic) bond motifs is 1. The minimum Gasteiger partial charge on any atom is -0.450 e. The highest BCUT2D eigenvalue weighted by molar-refractivity contribution is 5.80. The van der Waals surface area contributed by atoms with Crippen molar-refractivity contribution >= 4 is 17.7 Å². The molecule has 1 fully saturated rings. The monoisotopic (exact) mass is 387 g/mol. The number of ether oxygens (including phenoxy) is 1. The predicted octanol–water partition coefficient (Wildman–Crippen LogP) is 2.22. The van der Waals surface area contributed by atoms with Crippen LogP contribution in [0, 0.1) is 0 Å². The third kappa shape index (κ3) is 4.88. The number of anilines is 1. The van der Waals surface area contributed by atoms with Crippen molar-refractivity contribution in [3.05, 3.63) is 29.8 Å². The van der Waals surface area contributed by atoms with Crippen LogP contribution in [0.15, 0.2) is 29.3 Å². The lowest BCUT2D eigenvalue weighted by Crippen LogP contribution is -2.51. The van der Waals surface area contributed by atoms with Crippen molar-refractivity contribution in [2.24, 2.45) is 4.99 Å². The van der Waals surface area contributed by atoms with Crippen molar-refractivity contribution in [1.29, 1.82) is 0 Å². The molecular weight excluding hydrogens is 354 g/mol. The normalized spacial score (nSPS) is 18.6. The zero-order valence-electron chi connectivity index (χ0n) is 17.3. The highest BCUT2D eigenvalue weighted by atomic mass is 16.6. The lowest BCUT2D eigenvalue weighted by Gasteiger charge is -2.33. The zero-order valence-corrected chi connectivity index (χ0v) is 17.3. The van der Waals surface area contributed by atoms with Crippen LogP contribution in [-0.2, 0) is 11.2 Å². The molecule has 2 aliphatic heterocycles. The summed E-state index contributed by atoms with van der Waals surface area (Å²) in [5.41, 5.74) is 2.79. The predicted molar refractivity (Wildman–Crippen MR) is 113 cm³/mol. The van der Waals surface area contributed by atoms with Gasteiger partial charge in [0, 0.05) is 51.0 Å². The first-order valence-electron chi connectivity index (χ1n) is 10.4. The third-order valence-corrected chi connectivity index (χ3v) is 5.61. The number of piperidine rings is 1. The van der Waals surface area contributed by atoms with Gasteiger partial charge >= 0.3 is 6.09 Å². The number of hydrogen-bond acceptors (Lipinski definition) is 4. The number of amides is 1. The molecule has 0 aliphatic carbocycles. The molecule has 0 aromatic heterocycles. The maximum atomic E-state index is 11.8. The molecule has 2 aliphatic rings. The second-order valence-electron chi connectivity index (χ2n) is 7.48. The third-order valence-electron chi connectivity index (χ3n) is 5.61. The van der Waals surface area contributed by atoms with E-state index in [1.54, 1.807) is 11.9 Å². The van der Waals surface area contributed by atoms with Crippen LogP contribution in [-0.4, -0.2) is 68.9 Å².